The van der Waals surface area contributed by atoms with Gasteiger partial charge in [0, 0.05) is 43.4 Å². The van der Waals surface area contributed by atoms with E-state index < -0.39 is 5.54 Å². The van der Waals surface area contributed by atoms with E-state index in [2.05, 4.69) is 22.3 Å². The maximum absolute atomic E-state index is 13.4. The zero-order chi connectivity index (χ0) is 25.0. The fourth-order valence-corrected chi connectivity index (χ4v) is 4.92. The summed E-state index contributed by atoms with van der Waals surface area (Å²) in [5.41, 5.74) is 4.84. The largest absolute Gasteiger partial charge is 0.380 e. The molecular weight excluding hydrogens is 452 g/mol. The van der Waals surface area contributed by atoms with Crippen molar-refractivity contribution in [3.05, 3.63) is 89.5 Å². The summed E-state index contributed by atoms with van der Waals surface area (Å²) in [6.45, 7) is 3.19. The van der Waals surface area contributed by atoms with Crippen molar-refractivity contribution in [2.24, 2.45) is 0 Å². The highest BCUT2D eigenvalue weighted by Gasteiger charge is 2.54. The highest BCUT2D eigenvalue weighted by atomic mass is 16.5. The number of nitrogens with zero attached hydrogens (tertiary/aromatic N) is 1. The predicted octanol–water partition coefficient (Wildman–Crippen LogP) is 4.73. The molecule has 1 saturated carbocycles. The lowest BCUT2D eigenvalue weighted by Crippen LogP contribution is -2.51. The second-order valence-corrected chi connectivity index (χ2v) is 9.55. The maximum atomic E-state index is 13.4. The van der Waals surface area contributed by atoms with Gasteiger partial charge in [0.2, 0.25) is 5.91 Å². The van der Waals surface area contributed by atoms with Gasteiger partial charge in [-0.1, -0.05) is 66.7 Å². The van der Waals surface area contributed by atoms with Gasteiger partial charge in [0.25, 0.3) is 0 Å². The molecule has 1 aliphatic carbocycles. The molecule has 0 atom stereocenters. The fraction of sp³-hybridized carbons (Fsp3) is 0.333. The number of Topliss-reactive ketones (excluding diaryl/α,β-unsaturated/α-hetero) is 1. The van der Waals surface area contributed by atoms with Crippen LogP contribution in [0.15, 0.2) is 72.8 Å². The Morgan fingerprint density at radius 1 is 0.944 bits per heavy atom. The van der Waals surface area contributed by atoms with Crippen molar-refractivity contribution in [3.63, 3.8) is 0 Å². The van der Waals surface area contributed by atoms with Crippen LogP contribution in [0.25, 0.3) is 11.1 Å². The Balaban J connectivity index is 1.30. The summed E-state index contributed by atoms with van der Waals surface area (Å²) < 4.78 is 10.8. The van der Waals surface area contributed by atoms with Crippen molar-refractivity contribution < 1.29 is 19.1 Å². The normalized spacial score (nSPS) is 16.9. The van der Waals surface area contributed by atoms with Crippen LogP contribution in [0.4, 0.5) is 5.69 Å². The van der Waals surface area contributed by atoms with Gasteiger partial charge in [-0.25, -0.2) is 0 Å². The van der Waals surface area contributed by atoms with Crippen molar-refractivity contribution in [3.8, 4) is 11.1 Å². The molecule has 186 valence electrons. The molecule has 3 aromatic rings. The second-order valence-electron chi connectivity index (χ2n) is 9.55. The highest BCUT2D eigenvalue weighted by molar-refractivity contribution is 6.03. The predicted molar refractivity (Wildman–Crippen MR) is 140 cm³/mol. The number of morpholine rings is 1. The number of methoxy groups -OCH3 is 1. The number of anilines is 1. The van der Waals surface area contributed by atoms with E-state index in [1.54, 1.807) is 13.2 Å². The van der Waals surface area contributed by atoms with E-state index in [9.17, 15) is 9.59 Å². The molecule has 0 radical (unpaired) electrons. The molecule has 6 heteroatoms. The Kier molecular flexibility index (Phi) is 7.28. The highest BCUT2D eigenvalue weighted by Crippen LogP contribution is 2.43. The minimum absolute atomic E-state index is 0.0104. The van der Waals surface area contributed by atoms with Crippen LogP contribution in [0, 0.1) is 0 Å². The molecule has 3 aromatic carbocycles. The van der Waals surface area contributed by atoms with Crippen molar-refractivity contribution in [2.45, 2.75) is 31.4 Å². The number of carbonyl (C=O) groups is 2. The van der Waals surface area contributed by atoms with Gasteiger partial charge in [0.05, 0.1) is 19.8 Å². The summed E-state index contributed by atoms with van der Waals surface area (Å²) in [5, 5.41) is 3.13. The molecular formula is C30H32N2O4. The second kappa shape index (κ2) is 10.7. The summed E-state index contributed by atoms with van der Waals surface area (Å²) in [6, 6.07) is 23.8. The number of hydrogen-bond acceptors (Lipinski definition) is 5. The van der Waals surface area contributed by atoms with Crippen molar-refractivity contribution in [2.75, 3.05) is 38.7 Å². The van der Waals surface area contributed by atoms with Gasteiger partial charge in [-0.3, -0.25) is 14.5 Å². The lowest BCUT2D eigenvalue weighted by Gasteiger charge is -2.34. The van der Waals surface area contributed by atoms with E-state index in [0.29, 0.717) is 37.5 Å². The third-order valence-corrected chi connectivity index (χ3v) is 7.17. The fourth-order valence-electron chi connectivity index (χ4n) is 4.92. The number of hydrogen-bond donors (Lipinski definition) is 1. The Hall–Kier alpha value is -3.32. The first-order valence-corrected chi connectivity index (χ1v) is 12.5. The minimum Gasteiger partial charge on any atom is -0.380 e. The average Bonchev–Trinajstić information content (AvgIpc) is 3.74. The molecule has 0 unspecified atom stereocenters. The Bertz CT molecular complexity index is 1210. The van der Waals surface area contributed by atoms with E-state index >= 15 is 0 Å². The first-order valence-electron chi connectivity index (χ1n) is 12.5. The first kappa shape index (κ1) is 24.4. The Morgan fingerprint density at radius 2 is 1.64 bits per heavy atom. The lowest BCUT2D eigenvalue weighted by atomic mass is 9.98. The van der Waals surface area contributed by atoms with Crippen molar-refractivity contribution >= 4 is 17.4 Å². The number of benzene rings is 3. The molecule has 0 spiro atoms. The monoisotopic (exact) mass is 484 g/mol. The quantitative estimate of drug-likeness (QED) is 0.445. The topological polar surface area (TPSA) is 67.9 Å². The number of nitrogens with one attached hydrogen (secondary N) is 1. The van der Waals surface area contributed by atoms with Crippen LogP contribution in [0.2, 0.25) is 0 Å². The molecule has 1 amide bonds. The van der Waals surface area contributed by atoms with Crippen LogP contribution in [0.1, 0.15) is 34.3 Å². The molecule has 1 saturated heterocycles. The SMILES string of the molecule is COCc1ccc(C(=O)Cc2ccc(-c3ccccc3)cc2)cc1NC(=O)C1(N2CCOCC2)CC1. The van der Waals surface area contributed by atoms with Crippen molar-refractivity contribution in [1.29, 1.82) is 0 Å². The number of rotatable bonds is 9. The van der Waals surface area contributed by atoms with Gasteiger partial charge in [0.1, 0.15) is 5.54 Å². The van der Waals surface area contributed by atoms with Crippen LogP contribution >= 0.6 is 0 Å². The van der Waals surface area contributed by atoms with Gasteiger partial charge >= 0.3 is 0 Å². The summed E-state index contributed by atoms with van der Waals surface area (Å²) in [4.78, 5) is 28.8. The molecule has 2 fully saturated rings. The molecule has 36 heavy (non-hydrogen) atoms. The number of ketones is 1. The van der Waals surface area contributed by atoms with Crippen LogP contribution in [0.5, 0.6) is 0 Å². The zero-order valence-corrected chi connectivity index (χ0v) is 20.7. The Labute approximate surface area is 212 Å². The first-order chi connectivity index (χ1) is 17.6. The smallest absolute Gasteiger partial charge is 0.244 e. The van der Waals surface area contributed by atoms with E-state index in [1.165, 1.54) is 0 Å². The van der Waals surface area contributed by atoms with Crippen molar-refractivity contribution in [1.82, 2.24) is 4.90 Å². The standard InChI is InChI=1S/C30H32N2O4/c1-35-21-26-12-11-25(20-27(26)31-29(34)30(13-14-30)32-15-17-36-18-16-32)28(33)19-22-7-9-24(10-8-22)23-5-3-2-4-6-23/h2-12,20H,13-19,21H2,1H3,(H,31,34). The molecule has 0 aromatic heterocycles. The molecule has 1 N–H and O–H groups in total. The van der Waals surface area contributed by atoms with Gasteiger partial charge in [-0.15, -0.1) is 0 Å². The average molecular weight is 485 g/mol. The zero-order valence-electron chi connectivity index (χ0n) is 20.7. The van der Waals surface area contributed by atoms with E-state index in [4.69, 9.17) is 9.47 Å². The summed E-state index contributed by atoms with van der Waals surface area (Å²) in [5.74, 6) is -0.000839. The molecule has 0 bridgehead atoms. The molecule has 2 aliphatic rings. The van der Waals surface area contributed by atoms with Gasteiger partial charge in [0.15, 0.2) is 5.78 Å². The maximum Gasteiger partial charge on any atom is 0.244 e. The third kappa shape index (κ3) is 5.26. The number of carbonyl (C=O) groups excluding carboxylic acids is 2. The minimum atomic E-state index is -0.464. The lowest BCUT2D eigenvalue weighted by molar-refractivity contribution is -0.124. The third-order valence-electron chi connectivity index (χ3n) is 7.17. The molecule has 5 rings (SSSR count). The summed E-state index contributed by atoms with van der Waals surface area (Å²) in [6.07, 6.45) is 1.98. The van der Waals surface area contributed by atoms with Gasteiger partial charge in [-0.2, -0.15) is 0 Å². The van der Waals surface area contributed by atoms with Gasteiger partial charge < -0.3 is 14.8 Å². The van der Waals surface area contributed by atoms with Crippen LogP contribution in [-0.2, 0) is 27.3 Å². The summed E-state index contributed by atoms with van der Waals surface area (Å²) in [7, 11) is 1.62. The molecule has 1 aliphatic heterocycles. The van der Waals surface area contributed by atoms with E-state index in [0.717, 1.165) is 48.2 Å². The molecule has 6 nitrogen and oxygen atoms in total. The Morgan fingerprint density at radius 3 is 2.31 bits per heavy atom. The van der Waals surface area contributed by atoms with Crippen LogP contribution in [0.3, 0.4) is 0 Å². The van der Waals surface area contributed by atoms with Crippen LogP contribution < -0.4 is 5.32 Å². The number of ether oxygens (including phenoxy) is 2. The molecule has 1 heterocycles. The van der Waals surface area contributed by atoms with E-state index in [-0.39, 0.29) is 11.7 Å². The van der Waals surface area contributed by atoms with Gasteiger partial charge in [-0.05, 0) is 35.6 Å². The summed E-state index contributed by atoms with van der Waals surface area (Å²) >= 11 is 0. The number of amides is 1. The van der Waals surface area contributed by atoms with E-state index in [1.807, 2.05) is 54.6 Å². The van der Waals surface area contributed by atoms with Crippen LogP contribution in [-0.4, -0.2) is 55.5 Å².